The zero-order valence-electron chi connectivity index (χ0n) is 17.3. The molecule has 0 N–H and O–H groups in total. The first-order valence-electron chi connectivity index (χ1n) is 9.55. The summed E-state index contributed by atoms with van der Waals surface area (Å²) in [6.07, 6.45) is -0.368. The molecule has 3 rings (SSSR count). The molecule has 0 aromatic heterocycles. The Labute approximate surface area is 167 Å². The van der Waals surface area contributed by atoms with Gasteiger partial charge in [-0.15, -0.1) is 0 Å². The van der Waals surface area contributed by atoms with Crippen molar-refractivity contribution in [1.29, 1.82) is 0 Å². The maximum atomic E-state index is 12.4. The third-order valence-electron chi connectivity index (χ3n) is 5.49. The molecule has 0 radical (unpaired) electrons. The van der Waals surface area contributed by atoms with Gasteiger partial charge in [0.05, 0.1) is 11.2 Å². The fourth-order valence-corrected chi connectivity index (χ4v) is 3.03. The van der Waals surface area contributed by atoms with Crippen molar-refractivity contribution in [3.8, 4) is 0 Å². The summed E-state index contributed by atoms with van der Waals surface area (Å²) in [4.78, 5) is 14.0. The number of hydrogen-bond donors (Lipinski definition) is 0. The Morgan fingerprint density at radius 2 is 1.54 bits per heavy atom. The van der Waals surface area contributed by atoms with E-state index in [1.807, 2.05) is 82.3 Å². The van der Waals surface area contributed by atoms with Crippen LogP contribution in [0.3, 0.4) is 0 Å². The molecule has 5 nitrogen and oxygen atoms in total. The summed E-state index contributed by atoms with van der Waals surface area (Å²) in [5.41, 5.74) is 2.04. The van der Waals surface area contributed by atoms with E-state index in [0.29, 0.717) is 6.54 Å². The van der Waals surface area contributed by atoms with Gasteiger partial charge in [0.25, 0.3) is 0 Å². The Bertz CT molecular complexity index is 806. The highest BCUT2D eigenvalue weighted by Gasteiger charge is 2.52. The molecule has 1 aliphatic heterocycles. The van der Waals surface area contributed by atoms with E-state index >= 15 is 0 Å². The average molecular weight is 381 g/mol. The van der Waals surface area contributed by atoms with Crippen LogP contribution < -0.4 is 5.46 Å². The Balaban J connectivity index is 1.67. The molecule has 28 heavy (non-hydrogen) atoms. The highest BCUT2D eigenvalue weighted by Crippen LogP contribution is 2.36. The molecule has 0 spiro atoms. The van der Waals surface area contributed by atoms with Crippen LogP contribution in [0.5, 0.6) is 0 Å². The van der Waals surface area contributed by atoms with E-state index in [0.717, 1.165) is 16.6 Å². The molecule has 0 aliphatic carbocycles. The predicted octanol–water partition coefficient (Wildman–Crippen LogP) is 3.75. The monoisotopic (exact) mass is 381 g/mol. The lowest BCUT2D eigenvalue weighted by atomic mass is 9.76. The topological polar surface area (TPSA) is 48.0 Å². The fourth-order valence-electron chi connectivity index (χ4n) is 3.03. The van der Waals surface area contributed by atoms with Crippen molar-refractivity contribution >= 4 is 18.7 Å². The predicted molar refractivity (Wildman–Crippen MR) is 110 cm³/mol. The summed E-state index contributed by atoms with van der Waals surface area (Å²) in [5.74, 6) is 0. The zero-order chi connectivity index (χ0) is 20.4. The minimum absolute atomic E-state index is 0.253. The van der Waals surface area contributed by atoms with Crippen molar-refractivity contribution in [2.75, 3.05) is 7.05 Å². The standard InChI is InChI=1S/C22H28BNO4/c1-21(2)22(3,4)28-23(27-21)19-14-10-9-13-18(19)15-24(5)20(25)26-16-17-11-7-6-8-12-17/h6-14H,15-16H2,1-5H3. The van der Waals surface area contributed by atoms with Gasteiger partial charge in [0.1, 0.15) is 6.61 Å². The van der Waals surface area contributed by atoms with Crippen molar-refractivity contribution in [3.63, 3.8) is 0 Å². The first kappa shape index (κ1) is 20.4. The zero-order valence-corrected chi connectivity index (χ0v) is 17.3. The van der Waals surface area contributed by atoms with Crippen LogP contribution in [0.2, 0.25) is 0 Å². The first-order valence-corrected chi connectivity index (χ1v) is 9.55. The third-order valence-corrected chi connectivity index (χ3v) is 5.49. The molecule has 1 amide bonds. The first-order chi connectivity index (χ1) is 13.2. The lowest BCUT2D eigenvalue weighted by Gasteiger charge is -2.32. The molecule has 1 heterocycles. The van der Waals surface area contributed by atoms with Gasteiger partial charge in [0.2, 0.25) is 0 Å². The van der Waals surface area contributed by atoms with Gasteiger partial charge in [-0.05, 0) is 44.3 Å². The summed E-state index contributed by atoms with van der Waals surface area (Å²) in [6, 6.07) is 17.5. The maximum absolute atomic E-state index is 12.4. The molecule has 0 bridgehead atoms. The Morgan fingerprint density at radius 3 is 2.18 bits per heavy atom. The summed E-state index contributed by atoms with van der Waals surface area (Å²) in [7, 11) is 1.27. The lowest BCUT2D eigenvalue weighted by Crippen LogP contribution is -2.41. The second-order valence-corrected chi connectivity index (χ2v) is 8.18. The number of nitrogens with zero attached hydrogens (tertiary/aromatic N) is 1. The fraction of sp³-hybridized carbons (Fsp3) is 0.409. The van der Waals surface area contributed by atoms with Gasteiger partial charge >= 0.3 is 13.2 Å². The number of carbonyl (C=O) groups excluding carboxylic acids is 1. The van der Waals surface area contributed by atoms with Gasteiger partial charge in [0, 0.05) is 13.6 Å². The molecule has 0 saturated carbocycles. The van der Waals surface area contributed by atoms with Crippen LogP contribution in [0.25, 0.3) is 0 Å². The van der Waals surface area contributed by atoms with Crippen molar-refractivity contribution in [2.45, 2.75) is 52.0 Å². The van der Waals surface area contributed by atoms with Crippen LogP contribution in [0.4, 0.5) is 4.79 Å². The molecular formula is C22H28BNO4. The molecule has 6 heteroatoms. The molecule has 1 aliphatic rings. The molecule has 2 aromatic carbocycles. The van der Waals surface area contributed by atoms with Gasteiger partial charge in [-0.3, -0.25) is 0 Å². The minimum atomic E-state index is -0.463. The highest BCUT2D eigenvalue weighted by molar-refractivity contribution is 6.62. The average Bonchev–Trinajstić information content (AvgIpc) is 2.88. The van der Waals surface area contributed by atoms with E-state index in [1.165, 1.54) is 0 Å². The minimum Gasteiger partial charge on any atom is -0.445 e. The van der Waals surface area contributed by atoms with Crippen molar-refractivity contribution in [3.05, 3.63) is 65.7 Å². The summed E-state index contributed by atoms with van der Waals surface area (Å²) < 4.78 is 17.8. The SMILES string of the molecule is CN(Cc1ccccc1B1OC(C)(C)C(C)(C)O1)C(=O)OCc1ccccc1. The Morgan fingerprint density at radius 1 is 0.964 bits per heavy atom. The molecule has 1 fully saturated rings. The summed E-state index contributed by atoms with van der Waals surface area (Å²) >= 11 is 0. The van der Waals surface area contributed by atoms with E-state index in [1.54, 1.807) is 11.9 Å². The van der Waals surface area contributed by atoms with Gasteiger partial charge in [-0.1, -0.05) is 54.6 Å². The largest absolute Gasteiger partial charge is 0.495 e. The second kappa shape index (κ2) is 7.98. The van der Waals surface area contributed by atoms with Gasteiger partial charge in [0.15, 0.2) is 0 Å². The van der Waals surface area contributed by atoms with Gasteiger partial charge < -0.3 is 18.9 Å². The number of ether oxygens (including phenoxy) is 1. The van der Waals surface area contributed by atoms with Gasteiger partial charge in [-0.25, -0.2) is 4.79 Å². The van der Waals surface area contributed by atoms with Gasteiger partial charge in [-0.2, -0.15) is 0 Å². The second-order valence-electron chi connectivity index (χ2n) is 8.18. The van der Waals surface area contributed by atoms with Crippen LogP contribution in [-0.2, 0) is 27.2 Å². The molecule has 0 atom stereocenters. The van der Waals surface area contributed by atoms with E-state index in [9.17, 15) is 4.79 Å². The lowest BCUT2D eigenvalue weighted by molar-refractivity contribution is 0.00578. The quantitative estimate of drug-likeness (QED) is 0.741. The molecule has 2 aromatic rings. The van der Waals surface area contributed by atoms with Crippen LogP contribution in [0.15, 0.2) is 54.6 Å². The van der Waals surface area contributed by atoms with Crippen LogP contribution in [0, 0.1) is 0 Å². The smallest absolute Gasteiger partial charge is 0.445 e. The maximum Gasteiger partial charge on any atom is 0.495 e. The van der Waals surface area contributed by atoms with Crippen molar-refractivity contribution in [1.82, 2.24) is 4.90 Å². The molecule has 148 valence electrons. The number of carbonyl (C=O) groups is 1. The Hall–Kier alpha value is -2.31. The normalized spacial score (nSPS) is 17.4. The molecule has 1 saturated heterocycles. The van der Waals surface area contributed by atoms with Crippen LogP contribution >= 0.6 is 0 Å². The Kier molecular flexibility index (Phi) is 5.82. The molecular weight excluding hydrogens is 353 g/mol. The number of hydrogen-bond acceptors (Lipinski definition) is 4. The van der Waals surface area contributed by atoms with E-state index in [4.69, 9.17) is 14.0 Å². The van der Waals surface area contributed by atoms with Crippen LogP contribution in [0.1, 0.15) is 38.8 Å². The number of rotatable bonds is 5. The van der Waals surface area contributed by atoms with Crippen molar-refractivity contribution < 1.29 is 18.8 Å². The highest BCUT2D eigenvalue weighted by atomic mass is 16.7. The molecule has 0 unspecified atom stereocenters. The van der Waals surface area contributed by atoms with E-state index < -0.39 is 18.3 Å². The third kappa shape index (κ3) is 4.40. The number of benzene rings is 2. The number of amides is 1. The van der Waals surface area contributed by atoms with Crippen molar-refractivity contribution in [2.24, 2.45) is 0 Å². The van der Waals surface area contributed by atoms with E-state index in [-0.39, 0.29) is 12.7 Å². The van der Waals surface area contributed by atoms with E-state index in [2.05, 4.69) is 0 Å². The summed E-state index contributed by atoms with van der Waals surface area (Å²) in [5, 5.41) is 0. The van der Waals surface area contributed by atoms with Crippen LogP contribution in [-0.4, -0.2) is 36.4 Å². The summed E-state index contributed by atoms with van der Waals surface area (Å²) in [6.45, 7) is 8.79.